The third kappa shape index (κ3) is 3.28. The van der Waals surface area contributed by atoms with Crippen molar-refractivity contribution in [3.8, 4) is 5.75 Å². The van der Waals surface area contributed by atoms with E-state index in [2.05, 4.69) is 22.3 Å². The van der Waals surface area contributed by atoms with Crippen molar-refractivity contribution >= 4 is 23.5 Å². The molecule has 0 saturated carbocycles. The Hall–Kier alpha value is -3.55. The molecule has 8 heteroatoms. The number of benzene rings is 2. The first-order valence-electron chi connectivity index (χ1n) is 10.5. The molecular weight excluding hydrogens is 396 g/mol. The molecule has 2 saturated heterocycles. The average molecular weight is 420 g/mol. The Bertz CT molecular complexity index is 1020. The van der Waals surface area contributed by atoms with Crippen LogP contribution in [0.2, 0.25) is 0 Å². The number of amides is 4. The van der Waals surface area contributed by atoms with Gasteiger partial charge in [0, 0.05) is 43.9 Å². The van der Waals surface area contributed by atoms with E-state index >= 15 is 0 Å². The molecule has 2 aromatic carbocycles. The summed E-state index contributed by atoms with van der Waals surface area (Å²) in [7, 11) is 0. The number of para-hydroxylation sites is 2. The number of rotatable bonds is 3. The predicted octanol–water partition coefficient (Wildman–Crippen LogP) is 1.56. The van der Waals surface area contributed by atoms with Crippen LogP contribution in [0.25, 0.3) is 0 Å². The first-order valence-corrected chi connectivity index (χ1v) is 10.5. The normalized spacial score (nSPS) is 22.9. The molecule has 5 rings (SSSR count). The summed E-state index contributed by atoms with van der Waals surface area (Å²) in [5.41, 5.74) is 0.618. The molecule has 1 N–H and O–H groups in total. The van der Waals surface area contributed by atoms with Crippen molar-refractivity contribution in [1.82, 2.24) is 15.1 Å². The summed E-state index contributed by atoms with van der Waals surface area (Å²) in [6.07, 6.45) is 0.342. The first kappa shape index (κ1) is 19.4. The van der Waals surface area contributed by atoms with Crippen molar-refractivity contribution < 1.29 is 19.1 Å². The van der Waals surface area contributed by atoms with Gasteiger partial charge in [-0.3, -0.25) is 14.5 Å². The van der Waals surface area contributed by atoms with E-state index in [4.69, 9.17) is 4.74 Å². The van der Waals surface area contributed by atoms with Crippen molar-refractivity contribution in [2.24, 2.45) is 0 Å². The Balaban J connectivity index is 1.27. The molecule has 1 spiro atoms. The summed E-state index contributed by atoms with van der Waals surface area (Å²) in [6, 6.07) is 16.8. The highest BCUT2D eigenvalue weighted by Gasteiger charge is 2.55. The van der Waals surface area contributed by atoms with Gasteiger partial charge in [-0.15, -0.1) is 0 Å². The molecule has 160 valence electrons. The number of ether oxygens (including phenoxy) is 1. The van der Waals surface area contributed by atoms with Gasteiger partial charge >= 0.3 is 6.03 Å². The van der Waals surface area contributed by atoms with Gasteiger partial charge in [0.15, 0.2) is 5.54 Å². The number of carbonyl (C=O) groups is 3. The minimum Gasteiger partial charge on any atom is -0.493 e. The first-order chi connectivity index (χ1) is 15.1. The lowest BCUT2D eigenvalue weighted by Crippen LogP contribution is -2.52. The second-order valence-electron chi connectivity index (χ2n) is 8.02. The van der Waals surface area contributed by atoms with E-state index in [1.165, 1.54) is 0 Å². The van der Waals surface area contributed by atoms with Gasteiger partial charge in [0.25, 0.3) is 5.91 Å². The molecule has 3 heterocycles. The van der Waals surface area contributed by atoms with Crippen molar-refractivity contribution in [3.63, 3.8) is 0 Å². The number of nitrogens with one attached hydrogen (secondary N) is 1. The zero-order valence-electron chi connectivity index (χ0n) is 17.1. The second kappa shape index (κ2) is 7.61. The number of urea groups is 1. The largest absolute Gasteiger partial charge is 0.493 e. The number of fused-ring (bicyclic) bond motifs is 2. The molecule has 4 amide bonds. The SMILES string of the molecule is O=C(CN1C(=O)N[C@@]2(CCOc3ccccc32)C1=O)N1CCN(c2ccccc2)CC1. The molecular formula is C23H24N4O4. The molecule has 3 aliphatic heterocycles. The van der Waals surface area contributed by atoms with E-state index in [1.807, 2.05) is 30.3 Å². The lowest BCUT2D eigenvalue weighted by Gasteiger charge is -2.36. The maximum atomic E-state index is 13.3. The van der Waals surface area contributed by atoms with Crippen LogP contribution in [0, 0.1) is 0 Å². The molecule has 8 nitrogen and oxygen atoms in total. The van der Waals surface area contributed by atoms with Crippen LogP contribution in [0.15, 0.2) is 54.6 Å². The molecule has 1 atom stereocenters. The van der Waals surface area contributed by atoms with E-state index in [0.29, 0.717) is 50.5 Å². The van der Waals surface area contributed by atoms with Crippen LogP contribution in [0.1, 0.15) is 12.0 Å². The Morgan fingerprint density at radius 1 is 0.968 bits per heavy atom. The van der Waals surface area contributed by atoms with Crippen molar-refractivity contribution in [1.29, 1.82) is 0 Å². The van der Waals surface area contributed by atoms with E-state index in [1.54, 1.807) is 17.0 Å². The standard InChI is InChI=1S/C23H24N4O4/c28-20(26-13-11-25(12-14-26)17-6-2-1-3-7-17)16-27-21(29)23(24-22(27)30)10-15-31-19-9-5-4-8-18(19)23/h1-9H,10-16H2,(H,24,30)/t23-/m1/s1. The molecule has 2 fully saturated rings. The monoisotopic (exact) mass is 420 g/mol. The van der Waals surface area contributed by atoms with E-state index < -0.39 is 11.6 Å². The fraction of sp³-hybridized carbons (Fsp3) is 0.348. The van der Waals surface area contributed by atoms with Crippen molar-refractivity contribution in [2.75, 3.05) is 44.2 Å². The number of anilines is 1. The second-order valence-corrected chi connectivity index (χ2v) is 8.02. The molecule has 0 aromatic heterocycles. The van der Waals surface area contributed by atoms with Crippen LogP contribution in [-0.4, -0.2) is 67.0 Å². The highest BCUT2D eigenvalue weighted by Crippen LogP contribution is 2.40. The van der Waals surface area contributed by atoms with Crippen molar-refractivity contribution in [2.45, 2.75) is 12.0 Å². The summed E-state index contributed by atoms with van der Waals surface area (Å²) in [4.78, 5) is 43.9. The lowest BCUT2D eigenvalue weighted by atomic mass is 9.84. The third-order valence-electron chi connectivity index (χ3n) is 6.30. The number of nitrogens with zero attached hydrogens (tertiary/aromatic N) is 3. The van der Waals surface area contributed by atoms with Gasteiger partial charge in [-0.05, 0) is 18.2 Å². The van der Waals surface area contributed by atoms with Crippen LogP contribution < -0.4 is 15.0 Å². The number of piperazine rings is 1. The Morgan fingerprint density at radius 3 is 2.45 bits per heavy atom. The summed E-state index contributed by atoms with van der Waals surface area (Å²) in [6.45, 7) is 2.61. The number of hydrogen-bond acceptors (Lipinski definition) is 5. The fourth-order valence-electron chi connectivity index (χ4n) is 4.60. The summed E-state index contributed by atoms with van der Waals surface area (Å²) < 4.78 is 5.65. The topological polar surface area (TPSA) is 82.2 Å². The zero-order chi connectivity index (χ0) is 21.4. The van der Waals surface area contributed by atoms with Gasteiger partial charge < -0.3 is 19.9 Å². The van der Waals surface area contributed by atoms with E-state index in [9.17, 15) is 14.4 Å². The number of imide groups is 1. The highest BCUT2D eigenvalue weighted by atomic mass is 16.5. The Morgan fingerprint density at radius 2 is 1.68 bits per heavy atom. The van der Waals surface area contributed by atoms with Gasteiger partial charge in [-0.2, -0.15) is 0 Å². The quantitative estimate of drug-likeness (QED) is 0.763. The van der Waals surface area contributed by atoms with Crippen LogP contribution >= 0.6 is 0 Å². The molecule has 31 heavy (non-hydrogen) atoms. The summed E-state index contributed by atoms with van der Waals surface area (Å²) in [5, 5.41) is 2.84. The van der Waals surface area contributed by atoms with Crippen LogP contribution in [-0.2, 0) is 15.1 Å². The van der Waals surface area contributed by atoms with Gasteiger partial charge in [0.2, 0.25) is 5.91 Å². The predicted molar refractivity (Wildman–Crippen MR) is 114 cm³/mol. The van der Waals surface area contributed by atoms with Crippen molar-refractivity contribution in [3.05, 3.63) is 60.2 Å². The summed E-state index contributed by atoms with van der Waals surface area (Å²) in [5.74, 6) is -0.00858. The minimum atomic E-state index is -1.15. The van der Waals surface area contributed by atoms with Gasteiger partial charge in [0.1, 0.15) is 12.3 Å². The maximum absolute atomic E-state index is 13.3. The molecule has 3 aliphatic rings. The fourth-order valence-corrected chi connectivity index (χ4v) is 4.60. The Kier molecular flexibility index (Phi) is 4.77. The summed E-state index contributed by atoms with van der Waals surface area (Å²) >= 11 is 0. The van der Waals surface area contributed by atoms with Crippen LogP contribution in [0.5, 0.6) is 5.75 Å². The minimum absolute atomic E-state index is 0.214. The smallest absolute Gasteiger partial charge is 0.325 e. The van der Waals surface area contributed by atoms with Gasteiger partial charge in [0.05, 0.1) is 6.61 Å². The van der Waals surface area contributed by atoms with E-state index in [-0.39, 0.29) is 18.4 Å². The number of hydrogen-bond donors (Lipinski definition) is 1. The molecule has 0 radical (unpaired) electrons. The molecule has 0 unspecified atom stereocenters. The Labute approximate surface area is 180 Å². The molecule has 2 aromatic rings. The maximum Gasteiger partial charge on any atom is 0.325 e. The van der Waals surface area contributed by atoms with E-state index in [0.717, 1.165) is 10.6 Å². The van der Waals surface area contributed by atoms with Crippen LogP contribution in [0.3, 0.4) is 0 Å². The molecule has 0 bridgehead atoms. The molecule has 0 aliphatic carbocycles. The highest BCUT2D eigenvalue weighted by molar-refractivity contribution is 6.09. The van der Waals surface area contributed by atoms with Crippen LogP contribution in [0.4, 0.5) is 10.5 Å². The lowest BCUT2D eigenvalue weighted by molar-refractivity contribution is -0.139. The number of carbonyl (C=O) groups excluding carboxylic acids is 3. The van der Waals surface area contributed by atoms with Gasteiger partial charge in [-0.1, -0.05) is 36.4 Å². The zero-order valence-corrected chi connectivity index (χ0v) is 17.1. The average Bonchev–Trinajstić information content (AvgIpc) is 3.04. The third-order valence-corrected chi connectivity index (χ3v) is 6.30. The van der Waals surface area contributed by atoms with Gasteiger partial charge in [-0.25, -0.2) is 4.79 Å².